The second-order valence-electron chi connectivity index (χ2n) is 2.95. The van der Waals surface area contributed by atoms with Crippen LogP contribution in [0.4, 0.5) is 0 Å². The van der Waals surface area contributed by atoms with Crippen molar-refractivity contribution in [1.29, 1.82) is 0 Å². The Morgan fingerprint density at radius 2 is 2.27 bits per heavy atom. The molecule has 0 aliphatic rings. The standard InChI is InChI=1S/C8H14N2O/c1-6(2)10-7(3)8(5-11)4-9-10/h4,6,11H,5H2,1-3H3. The number of aliphatic hydroxyl groups excluding tert-OH is 1. The van der Waals surface area contributed by atoms with E-state index in [-0.39, 0.29) is 6.61 Å². The van der Waals surface area contributed by atoms with E-state index in [2.05, 4.69) is 18.9 Å². The SMILES string of the molecule is Cc1c(CO)cnn1C(C)C. The van der Waals surface area contributed by atoms with Gasteiger partial charge in [0.05, 0.1) is 12.8 Å². The fraction of sp³-hybridized carbons (Fsp3) is 0.625. The number of aromatic nitrogens is 2. The van der Waals surface area contributed by atoms with Crippen LogP contribution < -0.4 is 0 Å². The van der Waals surface area contributed by atoms with Crippen molar-refractivity contribution >= 4 is 0 Å². The van der Waals surface area contributed by atoms with E-state index in [0.29, 0.717) is 6.04 Å². The lowest BCUT2D eigenvalue weighted by molar-refractivity contribution is 0.280. The largest absolute Gasteiger partial charge is 0.392 e. The molecule has 0 saturated heterocycles. The van der Waals surface area contributed by atoms with Gasteiger partial charge < -0.3 is 5.11 Å². The highest BCUT2D eigenvalue weighted by atomic mass is 16.3. The molecule has 1 aromatic rings. The molecular formula is C8H14N2O. The van der Waals surface area contributed by atoms with E-state index in [1.54, 1.807) is 6.20 Å². The van der Waals surface area contributed by atoms with Gasteiger partial charge in [-0.2, -0.15) is 5.10 Å². The second-order valence-corrected chi connectivity index (χ2v) is 2.95. The normalized spacial score (nSPS) is 11.0. The molecule has 0 atom stereocenters. The minimum Gasteiger partial charge on any atom is -0.392 e. The summed E-state index contributed by atoms with van der Waals surface area (Å²) in [6, 6.07) is 0.371. The van der Waals surface area contributed by atoms with E-state index in [9.17, 15) is 0 Å². The minimum absolute atomic E-state index is 0.0819. The monoisotopic (exact) mass is 154 g/mol. The highest BCUT2D eigenvalue weighted by Gasteiger charge is 2.06. The first-order valence-electron chi connectivity index (χ1n) is 3.80. The number of aliphatic hydroxyl groups is 1. The van der Waals surface area contributed by atoms with Crippen molar-refractivity contribution in [3.8, 4) is 0 Å². The lowest BCUT2D eigenvalue weighted by Crippen LogP contribution is -2.04. The van der Waals surface area contributed by atoms with Crippen molar-refractivity contribution in [3.63, 3.8) is 0 Å². The van der Waals surface area contributed by atoms with Crippen LogP contribution in [0.1, 0.15) is 31.1 Å². The van der Waals surface area contributed by atoms with Gasteiger partial charge in [-0.3, -0.25) is 4.68 Å². The van der Waals surface area contributed by atoms with E-state index in [0.717, 1.165) is 11.3 Å². The molecular weight excluding hydrogens is 140 g/mol. The molecule has 0 unspecified atom stereocenters. The van der Waals surface area contributed by atoms with E-state index in [1.807, 2.05) is 11.6 Å². The quantitative estimate of drug-likeness (QED) is 0.696. The maximum Gasteiger partial charge on any atom is 0.0715 e. The van der Waals surface area contributed by atoms with Crippen LogP contribution in [0.2, 0.25) is 0 Å². The Bertz CT molecular complexity index is 240. The van der Waals surface area contributed by atoms with E-state index in [4.69, 9.17) is 5.11 Å². The molecule has 11 heavy (non-hydrogen) atoms. The van der Waals surface area contributed by atoms with Gasteiger partial charge in [-0.1, -0.05) is 0 Å². The van der Waals surface area contributed by atoms with E-state index < -0.39 is 0 Å². The Kier molecular flexibility index (Phi) is 2.29. The molecule has 1 aromatic heterocycles. The third-order valence-electron chi connectivity index (χ3n) is 1.81. The summed E-state index contributed by atoms with van der Waals surface area (Å²) >= 11 is 0. The lowest BCUT2D eigenvalue weighted by Gasteiger charge is -2.07. The maximum absolute atomic E-state index is 8.86. The van der Waals surface area contributed by atoms with E-state index in [1.165, 1.54) is 0 Å². The van der Waals surface area contributed by atoms with Crippen molar-refractivity contribution in [3.05, 3.63) is 17.5 Å². The van der Waals surface area contributed by atoms with Crippen LogP contribution in [0.25, 0.3) is 0 Å². The summed E-state index contributed by atoms with van der Waals surface area (Å²) in [5, 5.41) is 13.0. The fourth-order valence-corrected chi connectivity index (χ4v) is 1.13. The number of hydrogen-bond acceptors (Lipinski definition) is 2. The fourth-order valence-electron chi connectivity index (χ4n) is 1.13. The van der Waals surface area contributed by atoms with Crippen molar-refractivity contribution in [2.75, 3.05) is 0 Å². The molecule has 1 rings (SSSR count). The molecule has 0 aliphatic heterocycles. The van der Waals surface area contributed by atoms with Crippen LogP contribution in [0.5, 0.6) is 0 Å². The summed E-state index contributed by atoms with van der Waals surface area (Å²) in [7, 11) is 0. The summed E-state index contributed by atoms with van der Waals surface area (Å²) < 4.78 is 1.91. The van der Waals surface area contributed by atoms with Gasteiger partial charge >= 0.3 is 0 Å². The first kappa shape index (κ1) is 8.27. The van der Waals surface area contributed by atoms with Gasteiger partial charge in [0.15, 0.2) is 0 Å². The average molecular weight is 154 g/mol. The van der Waals surface area contributed by atoms with Crippen LogP contribution in [0.3, 0.4) is 0 Å². The second kappa shape index (κ2) is 3.05. The van der Waals surface area contributed by atoms with Gasteiger partial charge in [-0.25, -0.2) is 0 Å². The lowest BCUT2D eigenvalue weighted by atomic mass is 10.2. The Labute approximate surface area is 66.7 Å². The zero-order chi connectivity index (χ0) is 8.43. The Hall–Kier alpha value is -0.830. The molecule has 0 saturated carbocycles. The van der Waals surface area contributed by atoms with Gasteiger partial charge in [0.25, 0.3) is 0 Å². The molecule has 62 valence electrons. The molecule has 0 aliphatic carbocycles. The predicted molar refractivity (Wildman–Crippen MR) is 43.3 cm³/mol. The van der Waals surface area contributed by atoms with Crippen LogP contribution in [-0.2, 0) is 6.61 Å². The summed E-state index contributed by atoms with van der Waals surface area (Å²) in [4.78, 5) is 0. The Balaban J connectivity index is 3.00. The third-order valence-corrected chi connectivity index (χ3v) is 1.81. The molecule has 0 bridgehead atoms. The van der Waals surface area contributed by atoms with Crippen LogP contribution >= 0.6 is 0 Å². The van der Waals surface area contributed by atoms with Gasteiger partial charge in [0.1, 0.15) is 0 Å². The van der Waals surface area contributed by atoms with Gasteiger partial charge in [0, 0.05) is 17.3 Å². The predicted octanol–water partition coefficient (Wildman–Crippen LogP) is 1.26. The molecule has 0 aromatic carbocycles. The number of rotatable bonds is 2. The van der Waals surface area contributed by atoms with Crippen molar-refractivity contribution < 1.29 is 5.11 Å². The first-order chi connectivity index (χ1) is 5.16. The van der Waals surface area contributed by atoms with E-state index >= 15 is 0 Å². The van der Waals surface area contributed by atoms with Gasteiger partial charge in [0.2, 0.25) is 0 Å². The Morgan fingerprint density at radius 1 is 1.64 bits per heavy atom. The average Bonchev–Trinajstić information content (AvgIpc) is 2.30. The zero-order valence-electron chi connectivity index (χ0n) is 7.20. The Morgan fingerprint density at radius 3 is 2.55 bits per heavy atom. The van der Waals surface area contributed by atoms with Crippen LogP contribution in [-0.4, -0.2) is 14.9 Å². The summed E-state index contributed by atoms with van der Waals surface area (Å²) in [6.45, 7) is 6.19. The number of hydrogen-bond donors (Lipinski definition) is 1. The molecule has 0 radical (unpaired) electrons. The molecule has 0 spiro atoms. The van der Waals surface area contributed by atoms with Crippen molar-refractivity contribution in [1.82, 2.24) is 9.78 Å². The van der Waals surface area contributed by atoms with Crippen LogP contribution in [0, 0.1) is 6.92 Å². The minimum atomic E-state index is 0.0819. The molecule has 0 amide bonds. The molecule has 3 nitrogen and oxygen atoms in total. The maximum atomic E-state index is 8.86. The summed E-state index contributed by atoms with van der Waals surface area (Å²) in [5.74, 6) is 0. The smallest absolute Gasteiger partial charge is 0.0715 e. The summed E-state index contributed by atoms with van der Waals surface area (Å²) in [6.07, 6.45) is 1.72. The number of nitrogens with zero attached hydrogens (tertiary/aromatic N) is 2. The topological polar surface area (TPSA) is 38.1 Å². The molecule has 1 N–H and O–H groups in total. The van der Waals surface area contributed by atoms with Crippen molar-refractivity contribution in [2.45, 2.75) is 33.4 Å². The molecule has 3 heteroatoms. The highest BCUT2D eigenvalue weighted by molar-refractivity contribution is 5.15. The molecule has 0 fully saturated rings. The summed E-state index contributed by atoms with van der Waals surface area (Å²) in [5.41, 5.74) is 1.97. The highest BCUT2D eigenvalue weighted by Crippen LogP contribution is 2.11. The molecule has 1 heterocycles. The van der Waals surface area contributed by atoms with Crippen LogP contribution in [0.15, 0.2) is 6.20 Å². The van der Waals surface area contributed by atoms with Gasteiger partial charge in [-0.15, -0.1) is 0 Å². The zero-order valence-corrected chi connectivity index (χ0v) is 7.20. The third kappa shape index (κ3) is 1.43. The van der Waals surface area contributed by atoms with Crippen molar-refractivity contribution in [2.24, 2.45) is 0 Å². The first-order valence-corrected chi connectivity index (χ1v) is 3.80. The van der Waals surface area contributed by atoms with Gasteiger partial charge in [-0.05, 0) is 20.8 Å².